The molecule has 0 spiro atoms. The van der Waals surface area contributed by atoms with Crippen LogP contribution in [0.4, 0.5) is 26.3 Å². The third-order valence-electron chi connectivity index (χ3n) is 3.05. The van der Waals surface area contributed by atoms with E-state index in [4.69, 9.17) is 0 Å². The van der Waals surface area contributed by atoms with E-state index >= 15 is 0 Å². The van der Waals surface area contributed by atoms with E-state index in [9.17, 15) is 26.3 Å². The van der Waals surface area contributed by atoms with Crippen molar-refractivity contribution >= 4 is 0 Å². The van der Waals surface area contributed by atoms with Gasteiger partial charge in [-0.3, -0.25) is 0 Å². The Hall–Kier alpha value is -1.98. The molecule has 0 unspecified atom stereocenters. The van der Waals surface area contributed by atoms with Crippen LogP contribution in [0.5, 0.6) is 0 Å². The maximum atomic E-state index is 13.5. The molecule has 6 heteroatoms. The molecule has 0 amide bonds. The van der Waals surface area contributed by atoms with E-state index < -0.39 is 28.9 Å². The van der Waals surface area contributed by atoms with Gasteiger partial charge in [0.05, 0.1) is 0 Å². The van der Waals surface area contributed by atoms with E-state index in [0.717, 1.165) is 18.2 Å². The van der Waals surface area contributed by atoms with Crippen molar-refractivity contribution in [2.24, 2.45) is 5.41 Å². The molecule has 0 bridgehead atoms. The standard InChI is InChI=1S/C17H18F6/c1-5-8-10-11-13(4)15(16(18,19)20,17(21,22)23)14(7-3)12-9-6-2/h5-12H,3-4H2,1-2H3/b8-5-,9-6-,11-10-,14-12+. The molecule has 0 fully saturated rings. The molecule has 0 nitrogen and oxygen atoms in total. The van der Waals surface area contributed by atoms with Gasteiger partial charge in [0.15, 0.2) is 0 Å². The van der Waals surface area contributed by atoms with Gasteiger partial charge in [-0.1, -0.05) is 61.8 Å². The van der Waals surface area contributed by atoms with E-state index in [-0.39, 0.29) is 0 Å². The second-order valence-corrected chi connectivity index (χ2v) is 4.51. The van der Waals surface area contributed by atoms with Crippen molar-refractivity contribution in [2.75, 3.05) is 0 Å². The first-order chi connectivity index (χ1) is 10.5. The molecule has 0 atom stereocenters. The molecular formula is C17H18F6. The zero-order valence-corrected chi connectivity index (χ0v) is 12.8. The zero-order valence-electron chi connectivity index (χ0n) is 12.8. The summed E-state index contributed by atoms with van der Waals surface area (Å²) < 4.78 is 81.3. The first-order valence-corrected chi connectivity index (χ1v) is 6.58. The van der Waals surface area contributed by atoms with Gasteiger partial charge < -0.3 is 0 Å². The Morgan fingerprint density at radius 3 is 1.65 bits per heavy atom. The zero-order chi connectivity index (χ0) is 18.3. The van der Waals surface area contributed by atoms with Crippen molar-refractivity contribution in [1.82, 2.24) is 0 Å². The van der Waals surface area contributed by atoms with Gasteiger partial charge in [0, 0.05) is 0 Å². The predicted octanol–water partition coefficient (Wildman–Crippen LogP) is 6.47. The summed E-state index contributed by atoms with van der Waals surface area (Å²) in [6, 6.07) is 0. The first kappa shape index (κ1) is 21.0. The first-order valence-electron chi connectivity index (χ1n) is 6.58. The Labute approximate surface area is 131 Å². The minimum absolute atomic E-state index is 0.551. The summed E-state index contributed by atoms with van der Waals surface area (Å²) >= 11 is 0. The largest absolute Gasteiger partial charge is 0.411 e. The predicted molar refractivity (Wildman–Crippen MR) is 80.7 cm³/mol. The van der Waals surface area contributed by atoms with Crippen LogP contribution in [0, 0.1) is 5.41 Å². The van der Waals surface area contributed by atoms with Crippen molar-refractivity contribution in [1.29, 1.82) is 0 Å². The Morgan fingerprint density at radius 1 is 0.826 bits per heavy atom. The molecule has 0 saturated heterocycles. The fourth-order valence-corrected chi connectivity index (χ4v) is 1.99. The number of allylic oxidation sites excluding steroid dienone is 10. The summed E-state index contributed by atoms with van der Waals surface area (Å²) in [5.41, 5.74) is -6.39. The van der Waals surface area contributed by atoms with Gasteiger partial charge in [0.25, 0.3) is 0 Å². The molecule has 0 aliphatic rings. The normalized spacial score (nSPS) is 15.0. The summed E-state index contributed by atoms with van der Waals surface area (Å²) in [5, 5.41) is 0. The van der Waals surface area contributed by atoms with Gasteiger partial charge in [-0.15, -0.1) is 0 Å². The summed E-state index contributed by atoms with van der Waals surface area (Å²) in [6.45, 7) is 9.19. The second kappa shape index (κ2) is 8.04. The van der Waals surface area contributed by atoms with Crippen LogP contribution in [0.15, 0.2) is 72.9 Å². The molecule has 0 aliphatic carbocycles. The van der Waals surface area contributed by atoms with E-state index in [1.54, 1.807) is 6.92 Å². The summed E-state index contributed by atoms with van der Waals surface area (Å²) in [7, 11) is 0. The highest BCUT2D eigenvalue weighted by molar-refractivity contribution is 5.45. The number of hydrogen-bond donors (Lipinski definition) is 0. The number of rotatable bonds is 6. The molecule has 0 heterocycles. The Bertz CT molecular complexity index is 524. The number of hydrogen-bond acceptors (Lipinski definition) is 0. The monoisotopic (exact) mass is 336 g/mol. The van der Waals surface area contributed by atoms with Crippen LogP contribution in [-0.4, -0.2) is 12.4 Å². The topological polar surface area (TPSA) is 0 Å². The second-order valence-electron chi connectivity index (χ2n) is 4.51. The van der Waals surface area contributed by atoms with Crippen molar-refractivity contribution in [2.45, 2.75) is 26.2 Å². The fourth-order valence-electron chi connectivity index (χ4n) is 1.99. The highest BCUT2D eigenvalue weighted by atomic mass is 19.4. The molecule has 0 N–H and O–H groups in total. The smallest absolute Gasteiger partial charge is 0.169 e. The van der Waals surface area contributed by atoms with Gasteiger partial charge >= 0.3 is 12.4 Å². The number of halogens is 6. The highest BCUT2D eigenvalue weighted by Crippen LogP contribution is 2.59. The van der Waals surface area contributed by atoms with Crippen LogP contribution in [0.3, 0.4) is 0 Å². The minimum atomic E-state index is -5.63. The summed E-state index contributed by atoms with van der Waals surface area (Å²) in [4.78, 5) is 0. The third-order valence-corrected chi connectivity index (χ3v) is 3.05. The van der Waals surface area contributed by atoms with Crippen LogP contribution in [0.2, 0.25) is 0 Å². The Kier molecular flexibility index (Phi) is 7.34. The average molecular weight is 336 g/mol. The van der Waals surface area contributed by atoms with Crippen LogP contribution in [0.1, 0.15) is 13.8 Å². The van der Waals surface area contributed by atoms with Gasteiger partial charge in [-0.2, -0.15) is 26.3 Å². The molecular weight excluding hydrogens is 318 g/mol. The highest BCUT2D eigenvalue weighted by Gasteiger charge is 2.72. The molecule has 0 aromatic rings. The molecule has 0 rings (SSSR count). The lowest BCUT2D eigenvalue weighted by atomic mass is 9.72. The fraction of sp³-hybridized carbons (Fsp3) is 0.294. The quantitative estimate of drug-likeness (QED) is 0.385. The molecule has 0 saturated carbocycles. The van der Waals surface area contributed by atoms with Crippen LogP contribution >= 0.6 is 0 Å². The molecule has 0 aliphatic heterocycles. The summed E-state index contributed by atoms with van der Waals surface area (Å²) in [6.07, 6.45) is -3.01. The maximum Gasteiger partial charge on any atom is 0.411 e. The van der Waals surface area contributed by atoms with E-state index in [1.165, 1.54) is 25.2 Å². The number of alkyl halides is 6. The average Bonchev–Trinajstić information content (AvgIpc) is 2.40. The van der Waals surface area contributed by atoms with Crippen molar-refractivity contribution in [3.63, 3.8) is 0 Å². The van der Waals surface area contributed by atoms with Gasteiger partial charge in [0.1, 0.15) is 0 Å². The minimum Gasteiger partial charge on any atom is -0.169 e. The van der Waals surface area contributed by atoms with Crippen LogP contribution in [-0.2, 0) is 0 Å². The lowest BCUT2D eigenvalue weighted by molar-refractivity contribution is -0.308. The molecule has 128 valence electrons. The Balaban J connectivity index is 6.68. The van der Waals surface area contributed by atoms with E-state index in [2.05, 4.69) is 13.2 Å². The lowest BCUT2D eigenvalue weighted by Crippen LogP contribution is -2.52. The van der Waals surface area contributed by atoms with Crippen molar-refractivity contribution in [3.8, 4) is 0 Å². The van der Waals surface area contributed by atoms with E-state index in [0.29, 0.717) is 12.2 Å². The van der Waals surface area contributed by atoms with E-state index in [1.807, 2.05) is 0 Å². The van der Waals surface area contributed by atoms with Gasteiger partial charge in [-0.25, -0.2) is 0 Å². The molecule has 0 aromatic heterocycles. The SMILES string of the molecule is C=C/C(=C\C=C/C)C(C(=C)/C=C\C=C/C)(C(F)(F)F)C(F)(F)F. The molecule has 0 radical (unpaired) electrons. The van der Waals surface area contributed by atoms with Crippen molar-refractivity contribution < 1.29 is 26.3 Å². The third kappa shape index (κ3) is 4.27. The maximum absolute atomic E-state index is 13.5. The summed E-state index contributed by atoms with van der Waals surface area (Å²) in [5.74, 6) is 0. The molecule has 23 heavy (non-hydrogen) atoms. The van der Waals surface area contributed by atoms with Crippen molar-refractivity contribution in [3.05, 3.63) is 72.9 Å². The lowest BCUT2D eigenvalue weighted by Gasteiger charge is -2.39. The van der Waals surface area contributed by atoms with Gasteiger partial charge in [0.2, 0.25) is 5.41 Å². The van der Waals surface area contributed by atoms with Gasteiger partial charge in [-0.05, 0) is 25.0 Å². The van der Waals surface area contributed by atoms with Crippen LogP contribution < -0.4 is 0 Å². The van der Waals surface area contributed by atoms with Crippen LogP contribution in [0.25, 0.3) is 0 Å². The molecule has 0 aromatic carbocycles. The Morgan fingerprint density at radius 2 is 1.30 bits per heavy atom.